The van der Waals surface area contributed by atoms with Gasteiger partial charge in [-0.2, -0.15) is 0 Å². The molecule has 1 saturated heterocycles. The Balaban J connectivity index is 2.43. The molecule has 2 N–H and O–H groups in total. The highest BCUT2D eigenvalue weighted by Gasteiger charge is 2.05. The van der Waals surface area contributed by atoms with E-state index in [1.165, 1.54) is 10.8 Å². The second-order valence-corrected chi connectivity index (χ2v) is 4.77. The lowest BCUT2D eigenvalue weighted by Gasteiger charge is -2.01. The van der Waals surface area contributed by atoms with Gasteiger partial charge in [0.2, 0.25) is 0 Å². The standard InChI is InChI=1S/C3H4N2S4/c6-2-1-8-9-3(7)5-4-2/h1H2,(H,4,6)(H,5,7). The van der Waals surface area contributed by atoms with Crippen LogP contribution >= 0.6 is 46.0 Å². The molecule has 1 rings (SSSR count). The molecule has 0 aromatic rings. The van der Waals surface area contributed by atoms with E-state index in [-0.39, 0.29) is 0 Å². The number of hydrogen-bond acceptors (Lipinski definition) is 4. The number of rotatable bonds is 0. The topological polar surface area (TPSA) is 24.1 Å². The smallest absolute Gasteiger partial charge is 0.163 e. The van der Waals surface area contributed by atoms with Crippen LogP contribution in [0.5, 0.6) is 0 Å². The van der Waals surface area contributed by atoms with E-state index in [1.807, 2.05) is 0 Å². The van der Waals surface area contributed by atoms with Crippen molar-refractivity contribution in [1.29, 1.82) is 0 Å². The molecule has 0 aromatic carbocycles. The minimum atomic E-state index is 0.736. The van der Waals surface area contributed by atoms with Crippen LogP contribution in [0.2, 0.25) is 0 Å². The van der Waals surface area contributed by atoms with Crippen molar-refractivity contribution in [3.8, 4) is 0 Å². The fourth-order valence-electron chi connectivity index (χ4n) is 0.314. The summed E-state index contributed by atoms with van der Waals surface area (Å²) in [5.74, 6) is 0.827. The Bertz CT molecular complexity index is 129. The maximum Gasteiger partial charge on any atom is 0.163 e. The zero-order valence-electron chi connectivity index (χ0n) is 4.34. The average Bonchev–Trinajstić information content (AvgIpc) is 1.97. The zero-order chi connectivity index (χ0) is 6.69. The first kappa shape index (κ1) is 7.59. The molecule has 2 nitrogen and oxygen atoms in total. The summed E-state index contributed by atoms with van der Waals surface area (Å²) in [5.41, 5.74) is 5.57. The van der Waals surface area contributed by atoms with Gasteiger partial charge in [-0.3, -0.25) is 10.9 Å². The summed E-state index contributed by atoms with van der Waals surface area (Å²) in [5, 5.41) is 0. The zero-order valence-corrected chi connectivity index (χ0v) is 7.61. The van der Waals surface area contributed by atoms with Crippen molar-refractivity contribution < 1.29 is 0 Å². The SMILES string of the molecule is S=C1CSSC(=S)NN1. The molecule has 0 unspecified atom stereocenters. The Morgan fingerprint density at radius 3 is 2.89 bits per heavy atom. The third kappa shape index (κ3) is 2.70. The van der Waals surface area contributed by atoms with Crippen LogP contribution in [-0.4, -0.2) is 15.1 Å². The van der Waals surface area contributed by atoms with Crippen LogP contribution < -0.4 is 10.9 Å². The number of hydrogen-bond donors (Lipinski definition) is 2. The first-order chi connectivity index (χ1) is 4.29. The highest BCUT2D eigenvalue weighted by Crippen LogP contribution is 2.22. The van der Waals surface area contributed by atoms with E-state index in [0.717, 1.165) is 15.1 Å². The van der Waals surface area contributed by atoms with Crippen molar-refractivity contribution in [2.45, 2.75) is 0 Å². The van der Waals surface area contributed by atoms with Gasteiger partial charge in [0.25, 0.3) is 0 Å². The van der Waals surface area contributed by atoms with Crippen LogP contribution in [0.1, 0.15) is 0 Å². The van der Waals surface area contributed by atoms with Crippen LogP contribution in [0.3, 0.4) is 0 Å². The van der Waals surface area contributed by atoms with E-state index >= 15 is 0 Å². The molecule has 0 amide bonds. The summed E-state index contributed by atoms with van der Waals surface area (Å²) in [6.45, 7) is 0. The molecule has 6 heteroatoms. The van der Waals surface area contributed by atoms with Gasteiger partial charge in [-0.1, -0.05) is 35.2 Å². The highest BCUT2D eigenvalue weighted by atomic mass is 33.1. The molecule has 0 bridgehead atoms. The average molecular weight is 196 g/mol. The Kier molecular flexibility index (Phi) is 3.03. The lowest BCUT2D eigenvalue weighted by Crippen LogP contribution is -2.37. The number of hydrazine groups is 1. The van der Waals surface area contributed by atoms with Gasteiger partial charge in [0, 0.05) is 0 Å². The Morgan fingerprint density at radius 1 is 1.33 bits per heavy atom. The van der Waals surface area contributed by atoms with Crippen molar-refractivity contribution in [2.75, 3.05) is 5.75 Å². The molecule has 9 heavy (non-hydrogen) atoms. The molecule has 0 aromatic heterocycles. The summed E-state index contributed by atoms with van der Waals surface area (Å²) in [7, 11) is 3.17. The molecule has 0 saturated carbocycles. The lowest BCUT2D eigenvalue weighted by molar-refractivity contribution is 0.900. The third-order valence-corrected chi connectivity index (χ3v) is 3.71. The second-order valence-electron chi connectivity index (χ2n) is 1.31. The van der Waals surface area contributed by atoms with Crippen LogP contribution in [0.4, 0.5) is 0 Å². The molecule has 0 radical (unpaired) electrons. The minimum Gasteiger partial charge on any atom is -0.292 e. The largest absolute Gasteiger partial charge is 0.292 e. The van der Waals surface area contributed by atoms with Gasteiger partial charge in [0.05, 0.1) is 5.75 Å². The van der Waals surface area contributed by atoms with Crippen LogP contribution in [-0.2, 0) is 0 Å². The predicted octanol–water partition coefficient (Wildman–Crippen LogP) is 1.09. The highest BCUT2D eigenvalue weighted by molar-refractivity contribution is 8.83. The van der Waals surface area contributed by atoms with E-state index in [2.05, 4.69) is 10.9 Å². The maximum atomic E-state index is 4.88. The van der Waals surface area contributed by atoms with Gasteiger partial charge in [0.1, 0.15) is 4.99 Å². The maximum absolute atomic E-state index is 4.88. The molecule has 1 aliphatic rings. The van der Waals surface area contributed by atoms with Crippen molar-refractivity contribution in [2.24, 2.45) is 0 Å². The fraction of sp³-hybridized carbons (Fsp3) is 0.333. The van der Waals surface area contributed by atoms with E-state index in [9.17, 15) is 0 Å². The molecular weight excluding hydrogens is 192 g/mol. The van der Waals surface area contributed by atoms with Gasteiger partial charge in [0.15, 0.2) is 4.32 Å². The first-order valence-electron chi connectivity index (χ1n) is 2.17. The summed E-state index contributed by atoms with van der Waals surface area (Å²) in [6, 6.07) is 0. The van der Waals surface area contributed by atoms with Gasteiger partial charge < -0.3 is 0 Å². The Labute approximate surface area is 71.9 Å². The third-order valence-electron chi connectivity index (χ3n) is 0.629. The van der Waals surface area contributed by atoms with E-state index < -0.39 is 0 Å². The van der Waals surface area contributed by atoms with Gasteiger partial charge in [-0.25, -0.2) is 0 Å². The molecule has 0 aliphatic carbocycles. The molecule has 50 valence electrons. The molecule has 1 fully saturated rings. The van der Waals surface area contributed by atoms with Crippen LogP contribution in [0.25, 0.3) is 0 Å². The number of nitrogens with one attached hydrogen (secondary N) is 2. The number of thiocarbonyl (C=S) groups is 2. The summed E-state index contributed by atoms with van der Waals surface area (Å²) in [4.78, 5) is 0.798. The van der Waals surface area contributed by atoms with Crippen molar-refractivity contribution in [3.05, 3.63) is 0 Å². The Morgan fingerprint density at radius 2 is 2.11 bits per heavy atom. The Hall–Kier alpha value is 0.480. The van der Waals surface area contributed by atoms with Gasteiger partial charge in [-0.15, -0.1) is 0 Å². The van der Waals surface area contributed by atoms with Crippen LogP contribution in [0.15, 0.2) is 0 Å². The fourth-order valence-corrected chi connectivity index (χ4v) is 2.66. The molecule has 1 aliphatic heterocycles. The van der Waals surface area contributed by atoms with Gasteiger partial charge in [-0.05, 0) is 10.8 Å². The van der Waals surface area contributed by atoms with E-state index in [1.54, 1.807) is 10.8 Å². The molecule has 0 atom stereocenters. The minimum absolute atomic E-state index is 0.736. The van der Waals surface area contributed by atoms with Gasteiger partial charge >= 0.3 is 0 Å². The van der Waals surface area contributed by atoms with E-state index in [4.69, 9.17) is 24.4 Å². The van der Waals surface area contributed by atoms with Crippen molar-refractivity contribution in [3.63, 3.8) is 0 Å². The predicted molar refractivity (Wildman–Crippen MR) is 51.5 cm³/mol. The molecule has 0 spiro atoms. The first-order valence-corrected chi connectivity index (χ1v) is 5.31. The molecule has 1 heterocycles. The van der Waals surface area contributed by atoms with E-state index in [0.29, 0.717) is 0 Å². The van der Waals surface area contributed by atoms with Crippen molar-refractivity contribution >= 4 is 55.3 Å². The summed E-state index contributed by atoms with van der Waals surface area (Å²) >= 11 is 9.73. The second kappa shape index (κ2) is 3.60. The normalized spacial score (nSPS) is 20.0. The quantitative estimate of drug-likeness (QED) is 0.444. The van der Waals surface area contributed by atoms with Crippen LogP contribution in [0, 0.1) is 0 Å². The van der Waals surface area contributed by atoms with Crippen molar-refractivity contribution in [1.82, 2.24) is 10.9 Å². The summed E-state index contributed by atoms with van der Waals surface area (Å²) < 4.78 is 0.736. The lowest BCUT2D eigenvalue weighted by atomic mass is 10.8. The summed E-state index contributed by atoms with van der Waals surface area (Å²) in [6.07, 6.45) is 0. The monoisotopic (exact) mass is 196 g/mol. The molecular formula is C3H4N2S4.